The summed E-state index contributed by atoms with van der Waals surface area (Å²) in [4.78, 5) is 18.0. The second-order valence-corrected chi connectivity index (χ2v) is 8.96. The lowest BCUT2D eigenvalue weighted by Gasteiger charge is -2.42. The summed E-state index contributed by atoms with van der Waals surface area (Å²) in [6.07, 6.45) is 3.91. The Balaban J connectivity index is 1.47. The van der Waals surface area contributed by atoms with Crippen molar-refractivity contribution in [1.82, 2.24) is 9.88 Å². The molecule has 0 radical (unpaired) electrons. The number of carbonyl (C=O) groups excluding carboxylic acids is 1. The van der Waals surface area contributed by atoms with E-state index in [0.29, 0.717) is 36.0 Å². The van der Waals surface area contributed by atoms with Crippen LogP contribution in [0.25, 0.3) is 22.2 Å². The molecule has 5 rings (SSSR count). The molecule has 1 aliphatic carbocycles. The highest BCUT2D eigenvalue weighted by Crippen LogP contribution is 2.49. The van der Waals surface area contributed by atoms with Gasteiger partial charge < -0.3 is 15.0 Å². The normalized spacial score (nSPS) is 23.4. The van der Waals surface area contributed by atoms with Gasteiger partial charge in [0.25, 0.3) is 0 Å². The number of halogens is 3. The number of H-pyrrole nitrogens is 1. The first-order valence-corrected chi connectivity index (χ1v) is 11.1. The number of benzene rings is 2. The molecule has 0 bridgehead atoms. The van der Waals surface area contributed by atoms with Crippen molar-refractivity contribution in [2.75, 3.05) is 13.2 Å². The monoisotopic (exact) mass is 442 g/mol. The van der Waals surface area contributed by atoms with E-state index in [2.05, 4.69) is 4.98 Å². The van der Waals surface area contributed by atoms with E-state index in [4.69, 9.17) is 0 Å². The third-order valence-corrected chi connectivity index (χ3v) is 7.01. The molecule has 4 nitrogen and oxygen atoms in total. The first-order valence-electron chi connectivity index (χ1n) is 11.1. The molecular formula is C25H25F3N2O2. The Morgan fingerprint density at radius 3 is 2.53 bits per heavy atom. The van der Waals surface area contributed by atoms with E-state index in [1.807, 2.05) is 0 Å². The molecule has 32 heavy (non-hydrogen) atoms. The minimum atomic E-state index is -0.680. The van der Waals surface area contributed by atoms with Gasteiger partial charge in [0.1, 0.15) is 17.5 Å². The van der Waals surface area contributed by atoms with Crippen LogP contribution in [0, 0.1) is 23.4 Å². The second kappa shape index (κ2) is 8.28. The molecule has 2 aliphatic rings. The van der Waals surface area contributed by atoms with Gasteiger partial charge in [-0.25, -0.2) is 13.2 Å². The number of fused-ring (bicyclic) bond motifs is 1. The Morgan fingerprint density at radius 1 is 1.06 bits per heavy atom. The smallest absolute Gasteiger partial charge is 0.226 e. The van der Waals surface area contributed by atoms with Crippen LogP contribution in [0.4, 0.5) is 13.2 Å². The maximum Gasteiger partial charge on any atom is 0.226 e. The van der Waals surface area contributed by atoms with Gasteiger partial charge in [-0.05, 0) is 79.5 Å². The number of hydrogen-bond acceptors (Lipinski definition) is 2. The van der Waals surface area contributed by atoms with Crippen LogP contribution in [0.2, 0.25) is 0 Å². The van der Waals surface area contributed by atoms with Crippen LogP contribution < -0.4 is 0 Å². The van der Waals surface area contributed by atoms with Gasteiger partial charge in [0.2, 0.25) is 5.91 Å². The number of hydrogen-bond donors (Lipinski definition) is 2. The predicted octanol–water partition coefficient (Wildman–Crippen LogP) is 5.12. The first-order chi connectivity index (χ1) is 15.5. The van der Waals surface area contributed by atoms with E-state index in [0.717, 1.165) is 30.9 Å². The van der Waals surface area contributed by atoms with Gasteiger partial charge in [0.15, 0.2) is 0 Å². The van der Waals surface area contributed by atoms with Gasteiger partial charge in [-0.1, -0.05) is 0 Å². The Hall–Kier alpha value is -2.80. The van der Waals surface area contributed by atoms with E-state index in [1.165, 1.54) is 18.2 Å². The number of aliphatic hydroxyl groups is 1. The molecule has 7 heteroatoms. The molecule has 1 amide bonds. The number of piperidine rings is 1. The average Bonchev–Trinajstić information content (AvgIpc) is 3.12. The molecule has 0 spiro atoms. The average molecular weight is 442 g/mol. The van der Waals surface area contributed by atoms with Crippen molar-refractivity contribution < 1.29 is 23.1 Å². The molecular weight excluding hydrogens is 417 g/mol. The number of aromatic nitrogens is 1. The maximum atomic E-state index is 14.5. The number of amides is 1. The number of nitrogens with one attached hydrogen (secondary N) is 1. The van der Waals surface area contributed by atoms with Crippen molar-refractivity contribution >= 4 is 16.8 Å². The summed E-state index contributed by atoms with van der Waals surface area (Å²) in [6, 6.07) is 7.92. The zero-order chi connectivity index (χ0) is 22.4. The van der Waals surface area contributed by atoms with Crippen molar-refractivity contribution in [3.8, 4) is 11.3 Å². The Morgan fingerprint density at radius 2 is 1.81 bits per heavy atom. The molecule has 168 valence electrons. The highest BCUT2D eigenvalue weighted by atomic mass is 19.1. The molecule has 1 saturated carbocycles. The van der Waals surface area contributed by atoms with Gasteiger partial charge in [-0.15, -0.1) is 0 Å². The molecule has 1 aliphatic heterocycles. The fraction of sp³-hybridized carbons (Fsp3) is 0.400. The first kappa shape index (κ1) is 21.1. The van der Waals surface area contributed by atoms with Crippen LogP contribution in [-0.4, -0.2) is 40.1 Å². The number of aliphatic hydroxyl groups excluding tert-OH is 1. The molecule has 2 N–H and O–H groups in total. The van der Waals surface area contributed by atoms with E-state index >= 15 is 0 Å². The minimum Gasteiger partial charge on any atom is -0.394 e. The summed E-state index contributed by atoms with van der Waals surface area (Å²) >= 11 is 0. The van der Waals surface area contributed by atoms with Crippen molar-refractivity contribution in [3.05, 3.63) is 59.4 Å². The lowest BCUT2D eigenvalue weighted by atomic mass is 9.69. The molecule has 1 atom stereocenters. The van der Waals surface area contributed by atoms with Crippen LogP contribution in [0.5, 0.6) is 0 Å². The fourth-order valence-corrected chi connectivity index (χ4v) is 5.28. The van der Waals surface area contributed by atoms with E-state index in [-0.39, 0.29) is 41.7 Å². The summed E-state index contributed by atoms with van der Waals surface area (Å²) < 4.78 is 42.0. The number of aromatic amines is 1. The van der Waals surface area contributed by atoms with Crippen molar-refractivity contribution in [2.24, 2.45) is 5.92 Å². The molecule has 2 fully saturated rings. The van der Waals surface area contributed by atoms with Gasteiger partial charge >= 0.3 is 0 Å². The van der Waals surface area contributed by atoms with Crippen molar-refractivity contribution in [1.29, 1.82) is 0 Å². The third-order valence-electron chi connectivity index (χ3n) is 7.01. The van der Waals surface area contributed by atoms with Crippen LogP contribution in [-0.2, 0) is 4.79 Å². The molecule has 1 aromatic heterocycles. The maximum absolute atomic E-state index is 14.5. The van der Waals surface area contributed by atoms with Crippen LogP contribution in [0.15, 0.2) is 36.4 Å². The molecule has 1 saturated heterocycles. The van der Waals surface area contributed by atoms with Crippen molar-refractivity contribution in [2.45, 2.75) is 44.1 Å². The quantitative estimate of drug-likeness (QED) is 0.589. The molecule has 2 aromatic carbocycles. The molecule has 3 aromatic rings. The van der Waals surface area contributed by atoms with Crippen LogP contribution >= 0.6 is 0 Å². The molecule has 2 heterocycles. The molecule has 1 unspecified atom stereocenters. The minimum absolute atomic E-state index is 0.0302. The second-order valence-electron chi connectivity index (χ2n) is 8.96. The number of rotatable bonds is 4. The number of likely N-dealkylation sites (tertiary alicyclic amines) is 1. The van der Waals surface area contributed by atoms with Crippen LogP contribution in [0.1, 0.15) is 43.6 Å². The summed E-state index contributed by atoms with van der Waals surface area (Å²) in [6.45, 7) is 0.632. The summed E-state index contributed by atoms with van der Waals surface area (Å²) in [5, 5.41) is 10.1. The standard InChI is InChI=1S/C25H25F3N2O2/c26-17-6-4-14(5-7-17)23-22(20-11-18(27)12-21(28)24(20)29-23)15-9-16(10-15)25(32)30-8-2-1-3-19(30)13-31/h4-7,11-12,15-16,19,29,31H,1-3,8-10,13H2. The summed E-state index contributed by atoms with van der Waals surface area (Å²) in [5.74, 6) is -1.88. The fourth-order valence-electron chi connectivity index (χ4n) is 5.28. The lowest BCUT2D eigenvalue weighted by molar-refractivity contribution is -0.143. The largest absolute Gasteiger partial charge is 0.394 e. The zero-order valence-electron chi connectivity index (χ0n) is 17.6. The zero-order valence-corrected chi connectivity index (χ0v) is 17.6. The van der Waals surface area contributed by atoms with Crippen LogP contribution in [0.3, 0.4) is 0 Å². The van der Waals surface area contributed by atoms with E-state index in [1.54, 1.807) is 17.0 Å². The van der Waals surface area contributed by atoms with E-state index < -0.39 is 11.6 Å². The highest BCUT2D eigenvalue weighted by Gasteiger charge is 2.41. The summed E-state index contributed by atoms with van der Waals surface area (Å²) in [5.41, 5.74) is 2.30. The van der Waals surface area contributed by atoms with Gasteiger partial charge in [0, 0.05) is 23.9 Å². The number of carbonyl (C=O) groups is 1. The van der Waals surface area contributed by atoms with Gasteiger partial charge in [0.05, 0.1) is 23.9 Å². The van der Waals surface area contributed by atoms with Gasteiger partial charge in [-0.3, -0.25) is 4.79 Å². The Labute approximate surface area is 184 Å². The van der Waals surface area contributed by atoms with Crippen molar-refractivity contribution in [3.63, 3.8) is 0 Å². The number of nitrogens with zero attached hydrogens (tertiary/aromatic N) is 1. The third kappa shape index (κ3) is 3.58. The SMILES string of the molecule is O=C(C1CC(c2c(-c3ccc(F)cc3)[nH]c3c(F)cc(F)cc23)C1)N1CCCCC1CO. The Kier molecular flexibility index (Phi) is 5.45. The van der Waals surface area contributed by atoms with Gasteiger partial charge in [-0.2, -0.15) is 0 Å². The van der Waals surface area contributed by atoms with E-state index in [9.17, 15) is 23.1 Å². The summed E-state index contributed by atoms with van der Waals surface area (Å²) in [7, 11) is 0. The topological polar surface area (TPSA) is 56.3 Å². The predicted molar refractivity (Wildman–Crippen MR) is 116 cm³/mol. The Bertz CT molecular complexity index is 1150. The lowest BCUT2D eigenvalue weighted by Crippen LogP contribution is -2.50. The highest BCUT2D eigenvalue weighted by molar-refractivity contribution is 5.92.